The summed E-state index contributed by atoms with van der Waals surface area (Å²) >= 11 is 0. The van der Waals surface area contributed by atoms with Gasteiger partial charge >= 0.3 is 0 Å². The zero-order valence-corrected chi connectivity index (χ0v) is 10.3. The number of rotatable bonds is 5. The lowest BCUT2D eigenvalue weighted by atomic mass is 10.2. The Morgan fingerprint density at radius 1 is 1.56 bits per heavy atom. The first-order valence-electron chi connectivity index (χ1n) is 5.79. The van der Waals surface area contributed by atoms with Crippen LogP contribution in [0.4, 0.5) is 0 Å². The van der Waals surface area contributed by atoms with Gasteiger partial charge in [0.1, 0.15) is 5.76 Å². The van der Waals surface area contributed by atoms with Crippen LogP contribution in [0, 0.1) is 6.92 Å². The highest BCUT2D eigenvalue weighted by molar-refractivity contribution is 5.95. The van der Waals surface area contributed by atoms with Gasteiger partial charge in [0.05, 0.1) is 18.4 Å². The Morgan fingerprint density at radius 2 is 2.39 bits per heavy atom. The molecule has 1 amide bonds. The van der Waals surface area contributed by atoms with Gasteiger partial charge in [-0.1, -0.05) is 6.08 Å². The van der Waals surface area contributed by atoms with Crippen molar-refractivity contribution in [1.82, 2.24) is 9.88 Å². The monoisotopic (exact) mass is 244 g/mol. The van der Waals surface area contributed by atoms with Crippen molar-refractivity contribution < 1.29 is 9.21 Å². The maximum Gasteiger partial charge on any atom is 0.253 e. The van der Waals surface area contributed by atoms with E-state index in [0.29, 0.717) is 18.7 Å². The molecule has 0 aromatic carbocycles. The van der Waals surface area contributed by atoms with Gasteiger partial charge in [-0.2, -0.15) is 0 Å². The smallest absolute Gasteiger partial charge is 0.253 e. The Bertz CT molecular complexity index is 538. The highest BCUT2D eigenvalue weighted by Crippen LogP contribution is 2.13. The van der Waals surface area contributed by atoms with Gasteiger partial charge in [-0.3, -0.25) is 4.79 Å². The van der Waals surface area contributed by atoms with Gasteiger partial charge < -0.3 is 14.3 Å². The number of nitrogens with one attached hydrogen (secondary N) is 1. The van der Waals surface area contributed by atoms with E-state index in [1.54, 1.807) is 12.3 Å². The minimum atomic E-state index is -0.0782. The standard InChI is InChI=1S/C14H16N2O2/c1-3-7-15-14(17)13-6-8-16(11(13)2)10-12-5-4-9-18-12/h3-6,8-9H,1,7,10H2,2H3,(H,15,17). The molecule has 0 bridgehead atoms. The lowest BCUT2D eigenvalue weighted by Gasteiger charge is -2.06. The number of carbonyl (C=O) groups excluding carboxylic acids is 1. The van der Waals surface area contributed by atoms with Crippen LogP contribution in [0.3, 0.4) is 0 Å². The number of nitrogens with zero attached hydrogens (tertiary/aromatic N) is 1. The van der Waals surface area contributed by atoms with Crippen LogP contribution < -0.4 is 5.32 Å². The molecule has 0 spiro atoms. The lowest BCUT2D eigenvalue weighted by Crippen LogP contribution is -2.23. The molecule has 2 aromatic heterocycles. The van der Waals surface area contributed by atoms with Crippen molar-refractivity contribution in [2.24, 2.45) is 0 Å². The number of aromatic nitrogens is 1. The molecule has 0 unspecified atom stereocenters. The molecule has 94 valence electrons. The van der Waals surface area contributed by atoms with E-state index in [4.69, 9.17) is 4.42 Å². The molecule has 0 saturated carbocycles. The van der Waals surface area contributed by atoms with Gasteiger partial charge in [0, 0.05) is 18.4 Å². The molecule has 2 rings (SSSR count). The maximum absolute atomic E-state index is 11.8. The largest absolute Gasteiger partial charge is 0.467 e. The van der Waals surface area contributed by atoms with Gasteiger partial charge in [0.2, 0.25) is 0 Å². The third kappa shape index (κ3) is 2.53. The minimum Gasteiger partial charge on any atom is -0.467 e. The van der Waals surface area contributed by atoms with E-state index >= 15 is 0 Å². The van der Waals surface area contributed by atoms with Crippen molar-refractivity contribution in [1.29, 1.82) is 0 Å². The summed E-state index contributed by atoms with van der Waals surface area (Å²) < 4.78 is 7.28. The van der Waals surface area contributed by atoms with E-state index < -0.39 is 0 Å². The summed E-state index contributed by atoms with van der Waals surface area (Å²) in [5.41, 5.74) is 1.61. The van der Waals surface area contributed by atoms with Crippen molar-refractivity contribution in [2.75, 3.05) is 6.54 Å². The van der Waals surface area contributed by atoms with Crippen LogP contribution >= 0.6 is 0 Å². The van der Waals surface area contributed by atoms with Crippen LogP contribution in [0.25, 0.3) is 0 Å². The first-order chi connectivity index (χ1) is 8.72. The zero-order chi connectivity index (χ0) is 13.0. The fourth-order valence-corrected chi connectivity index (χ4v) is 1.79. The average molecular weight is 244 g/mol. The summed E-state index contributed by atoms with van der Waals surface area (Å²) in [5, 5.41) is 2.77. The Kier molecular flexibility index (Phi) is 3.67. The summed E-state index contributed by atoms with van der Waals surface area (Å²) in [5.74, 6) is 0.789. The van der Waals surface area contributed by atoms with E-state index in [-0.39, 0.29) is 5.91 Å². The quantitative estimate of drug-likeness (QED) is 0.821. The van der Waals surface area contributed by atoms with E-state index in [1.165, 1.54) is 0 Å². The fraction of sp³-hybridized carbons (Fsp3) is 0.214. The van der Waals surface area contributed by atoms with Crippen LogP contribution in [0.2, 0.25) is 0 Å². The number of carbonyl (C=O) groups is 1. The summed E-state index contributed by atoms with van der Waals surface area (Å²) in [6.07, 6.45) is 5.19. The first kappa shape index (κ1) is 12.2. The zero-order valence-electron chi connectivity index (χ0n) is 10.3. The maximum atomic E-state index is 11.8. The molecule has 4 nitrogen and oxygen atoms in total. The molecule has 0 aliphatic carbocycles. The first-order valence-corrected chi connectivity index (χ1v) is 5.79. The highest BCUT2D eigenvalue weighted by atomic mass is 16.3. The number of furan rings is 1. The van der Waals surface area contributed by atoms with Crippen molar-refractivity contribution in [3.8, 4) is 0 Å². The second-order valence-corrected chi connectivity index (χ2v) is 4.02. The Hall–Kier alpha value is -2.23. The molecule has 1 N–H and O–H groups in total. The minimum absolute atomic E-state index is 0.0782. The molecule has 0 saturated heterocycles. The van der Waals surface area contributed by atoms with Crippen molar-refractivity contribution in [3.05, 3.63) is 60.3 Å². The predicted molar refractivity (Wildman–Crippen MR) is 69.5 cm³/mol. The van der Waals surface area contributed by atoms with Gasteiger partial charge in [-0.15, -0.1) is 6.58 Å². The number of hydrogen-bond acceptors (Lipinski definition) is 2. The molecule has 18 heavy (non-hydrogen) atoms. The number of hydrogen-bond donors (Lipinski definition) is 1. The summed E-state index contributed by atoms with van der Waals surface area (Å²) in [4.78, 5) is 11.8. The van der Waals surface area contributed by atoms with E-state index in [0.717, 1.165) is 11.5 Å². The molecule has 0 aliphatic rings. The van der Waals surface area contributed by atoms with Crippen LogP contribution in [-0.4, -0.2) is 17.0 Å². The van der Waals surface area contributed by atoms with E-state index in [2.05, 4.69) is 11.9 Å². The molecule has 0 atom stereocenters. The second kappa shape index (κ2) is 5.40. The van der Waals surface area contributed by atoms with E-state index in [1.807, 2.05) is 35.9 Å². The SMILES string of the molecule is C=CCNC(=O)c1ccn(Cc2ccco2)c1C. The predicted octanol–water partition coefficient (Wildman–Crippen LogP) is 2.35. The third-order valence-electron chi connectivity index (χ3n) is 2.80. The third-order valence-corrected chi connectivity index (χ3v) is 2.80. The Balaban J connectivity index is 2.13. The van der Waals surface area contributed by atoms with Crippen molar-refractivity contribution in [2.45, 2.75) is 13.5 Å². The number of amides is 1. The van der Waals surface area contributed by atoms with Gasteiger partial charge in [-0.05, 0) is 25.1 Å². The molecule has 0 aliphatic heterocycles. The normalized spacial score (nSPS) is 10.3. The van der Waals surface area contributed by atoms with Gasteiger partial charge in [-0.25, -0.2) is 0 Å². The van der Waals surface area contributed by atoms with Crippen LogP contribution in [0.5, 0.6) is 0 Å². The van der Waals surface area contributed by atoms with Gasteiger partial charge in [0.25, 0.3) is 5.91 Å². The topological polar surface area (TPSA) is 47.2 Å². The summed E-state index contributed by atoms with van der Waals surface area (Å²) in [6.45, 7) is 6.60. The molecular formula is C14H16N2O2. The molecular weight excluding hydrogens is 228 g/mol. The van der Waals surface area contributed by atoms with Crippen LogP contribution in [0.1, 0.15) is 21.8 Å². The summed E-state index contributed by atoms with van der Waals surface area (Å²) in [6, 6.07) is 5.58. The molecule has 2 heterocycles. The van der Waals surface area contributed by atoms with Gasteiger partial charge in [0.15, 0.2) is 0 Å². The molecule has 0 radical (unpaired) electrons. The molecule has 4 heteroatoms. The lowest BCUT2D eigenvalue weighted by molar-refractivity contribution is 0.0957. The van der Waals surface area contributed by atoms with Crippen molar-refractivity contribution >= 4 is 5.91 Å². The highest BCUT2D eigenvalue weighted by Gasteiger charge is 2.12. The summed E-state index contributed by atoms with van der Waals surface area (Å²) in [7, 11) is 0. The fourth-order valence-electron chi connectivity index (χ4n) is 1.79. The second-order valence-electron chi connectivity index (χ2n) is 4.02. The van der Waals surface area contributed by atoms with Crippen molar-refractivity contribution in [3.63, 3.8) is 0 Å². The average Bonchev–Trinajstić information content (AvgIpc) is 2.98. The van der Waals surface area contributed by atoms with Crippen LogP contribution in [0.15, 0.2) is 47.7 Å². The Labute approximate surface area is 106 Å². The molecule has 2 aromatic rings. The Morgan fingerprint density at radius 3 is 3.06 bits per heavy atom. The van der Waals surface area contributed by atoms with E-state index in [9.17, 15) is 4.79 Å². The van der Waals surface area contributed by atoms with Crippen LogP contribution in [-0.2, 0) is 6.54 Å². The molecule has 0 fully saturated rings.